The highest BCUT2D eigenvalue weighted by Gasteiger charge is 2.18. The molecule has 1 amide bonds. The number of hydrogen-bond donors (Lipinski definition) is 0. The molecule has 0 unspecified atom stereocenters. The van der Waals surface area contributed by atoms with Gasteiger partial charge in [0.15, 0.2) is 11.5 Å². The number of amides is 1. The maximum atomic E-state index is 12.9. The molecular formula is C22H28N2O5. The molecule has 0 saturated carbocycles. The number of aryl methyl sites for hydroxylation is 1. The Hall–Kier alpha value is -3.09. The Bertz CT molecular complexity index is 795. The molecule has 1 aromatic carbocycles. The van der Waals surface area contributed by atoms with Gasteiger partial charge in [-0.25, -0.2) is 0 Å². The Morgan fingerprint density at radius 1 is 1.07 bits per heavy atom. The van der Waals surface area contributed by atoms with E-state index < -0.39 is 0 Å². The number of nitrogens with zero attached hydrogens (tertiary/aromatic N) is 2. The fourth-order valence-corrected chi connectivity index (χ4v) is 3.01. The van der Waals surface area contributed by atoms with Crippen molar-refractivity contribution in [3.63, 3.8) is 0 Å². The van der Waals surface area contributed by atoms with Gasteiger partial charge in [0, 0.05) is 31.9 Å². The Kier molecular flexibility index (Phi) is 8.95. The van der Waals surface area contributed by atoms with Gasteiger partial charge in [-0.15, -0.1) is 0 Å². The fourth-order valence-electron chi connectivity index (χ4n) is 3.01. The molecule has 0 bridgehead atoms. The molecule has 7 nitrogen and oxygen atoms in total. The highest BCUT2D eigenvalue weighted by molar-refractivity contribution is 5.77. The quantitative estimate of drug-likeness (QED) is 0.540. The first kappa shape index (κ1) is 22.2. The van der Waals surface area contributed by atoms with Crippen molar-refractivity contribution < 1.29 is 23.8 Å². The second kappa shape index (κ2) is 11.7. The zero-order chi connectivity index (χ0) is 21.1. The van der Waals surface area contributed by atoms with Crippen LogP contribution in [0.2, 0.25) is 0 Å². The molecule has 0 radical (unpaired) electrons. The number of benzene rings is 1. The van der Waals surface area contributed by atoms with Gasteiger partial charge in [-0.2, -0.15) is 0 Å². The Morgan fingerprint density at radius 3 is 2.55 bits per heavy atom. The number of hydrogen-bond acceptors (Lipinski definition) is 6. The van der Waals surface area contributed by atoms with Crippen LogP contribution in [-0.4, -0.2) is 49.1 Å². The summed E-state index contributed by atoms with van der Waals surface area (Å²) in [7, 11) is 3.16. The molecule has 0 aliphatic rings. The van der Waals surface area contributed by atoms with Crippen molar-refractivity contribution in [3.8, 4) is 11.5 Å². The third kappa shape index (κ3) is 6.78. The summed E-state index contributed by atoms with van der Waals surface area (Å²) in [6.07, 6.45) is 4.34. The molecule has 156 valence electrons. The van der Waals surface area contributed by atoms with Gasteiger partial charge in [-0.05, 0) is 36.6 Å². The number of esters is 1. The van der Waals surface area contributed by atoms with Crippen LogP contribution in [0.25, 0.3) is 0 Å². The second-order valence-electron chi connectivity index (χ2n) is 6.38. The summed E-state index contributed by atoms with van der Waals surface area (Å²) >= 11 is 0. The van der Waals surface area contributed by atoms with E-state index >= 15 is 0 Å². The van der Waals surface area contributed by atoms with E-state index in [1.807, 2.05) is 30.3 Å². The van der Waals surface area contributed by atoms with E-state index in [0.717, 1.165) is 11.1 Å². The predicted molar refractivity (Wildman–Crippen MR) is 109 cm³/mol. The topological polar surface area (TPSA) is 78.0 Å². The molecule has 1 heterocycles. The number of carbonyl (C=O) groups is 2. The second-order valence-corrected chi connectivity index (χ2v) is 6.38. The van der Waals surface area contributed by atoms with Gasteiger partial charge in [-0.1, -0.05) is 18.2 Å². The lowest BCUT2D eigenvalue weighted by molar-refractivity contribution is -0.144. The smallest absolute Gasteiger partial charge is 0.307 e. The molecule has 0 fully saturated rings. The Labute approximate surface area is 171 Å². The summed E-state index contributed by atoms with van der Waals surface area (Å²) in [6, 6.07) is 9.33. The Morgan fingerprint density at radius 2 is 1.90 bits per heavy atom. The van der Waals surface area contributed by atoms with E-state index in [4.69, 9.17) is 14.2 Å². The summed E-state index contributed by atoms with van der Waals surface area (Å²) in [6.45, 7) is 2.77. The lowest BCUT2D eigenvalue weighted by Crippen LogP contribution is -2.33. The molecule has 0 aliphatic carbocycles. The lowest BCUT2D eigenvalue weighted by Gasteiger charge is -2.23. The first-order chi connectivity index (χ1) is 14.1. The standard InChI is InChI=1S/C22H28N2O5/c1-4-29-21(26)12-14-24(16-17-7-6-13-23-15-17)20(25)11-10-18-8-5-9-19(27-2)22(18)28-3/h5-9,13,15H,4,10-12,14,16H2,1-3H3. The van der Waals surface area contributed by atoms with Crippen LogP contribution in [-0.2, 0) is 27.3 Å². The molecule has 0 atom stereocenters. The van der Waals surface area contributed by atoms with Gasteiger partial charge in [0.05, 0.1) is 27.2 Å². The number of para-hydroxylation sites is 1. The van der Waals surface area contributed by atoms with Crippen molar-refractivity contribution in [2.45, 2.75) is 32.7 Å². The van der Waals surface area contributed by atoms with Crippen LogP contribution in [0.4, 0.5) is 0 Å². The van der Waals surface area contributed by atoms with Gasteiger partial charge in [-0.3, -0.25) is 14.6 Å². The normalized spacial score (nSPS) is 10.3. The maximum absolute atomic E-state index is 12.9. The molecule has 0 aliphatic heterocycles. The largest absolute Gasteiger partial charge is 0.493 e. The summed E-state index contributed by atoms with van der Waals surface area (Å²) < 4.78 is 15.7. The first-order valence-corrected chi connectivity index (χ1v) is 9.61. The summed E-state index contributed by atoms with van der Waals surface area (Å²) in [5.41, 5.74) is 1.80. The molecular weight excluding hydrogens is 372 g/mol. The molecule has 29 heavy (non-hydrogen) atoms. The third-order valence-electron chi connectivity index (χ3n) is 4.43. The van der Waals surface area contributed by atoms with Crippen molar-refractivity contribution in [1.82, 2.24) is 9.88 Å². The predicted octanol–water partition coefficient (Wildman–Crippen LogP) is 3.01. The van der Waals surface area contributed by atoms with E-state index in [1.165, 1.54) is 0 Å². The fraction of sp³-hybridized carbons (Fsp3) is 0.409. The minimum Gasteiger partial charge on any atom is -0.493 e. The van der Waals surface area contributed by atoms with Crippen LogP contribution in [0.5, 0.6) is 11.5 Å². The van der Waals surface area contributed by atoms with Crippen molar-refractivity contribution in [2.24, 2.45) is 0 Å². The molecule has 0 saturated heterocycles. The highest BCUT2D eigenvalue weighted by atomic mass is 16.5. The van der Waals surface area contributed by atoms with Gasteiger partial charge >= 0.3 is 5.97 Å². The van der Waals surface area contributed by atoms with E-state index in [9.17, 15) is 9.59 Å². The average Bonchev–Trinajstić information content (AvgIpc) is 2.75. The summed E-state index contributed by atoms with van der Waals surface area (Å²) in [5.74, 6) is 0.897. The number of pyridine rings is 1. The number of rotatable bonds is 11. The lowest BCUT2D eigenvalue weighted by atomic mass is 10.1. The van der Waals surface area contributed by atoms with E-state index in [0.29, 0.717) is 37.6 Å². The SMILES string of the molecule is CCOC(=O)CCN(Cc1cccnc1)C(=O)CCc1cccc(OC)c1OC. The van der Waals surface area contributed by atoms with Crippen LogP contribution in [0.1, 0.15) is 30.9 Å². The zero-order valence-electron chi connectivity index (χ0n) is 17.2. The van der Waals surface area contributed by atoms with Crippen molar-refractivity contribution in [2.75, 3.05) is 27.4 Å². The number of ether oxygens (including phenoxy) is 3. The molecule has 0 N–H and O–H groups in total. The number of aromatic nitrogens is 1. The number of methoxy groups -OCH3 is 2. The minimum atomic E-state index is -0.314. The third-order valence-corrected chi connectivity index (χ3v) is 4.43. The summed E-state index contributed by atoms with van der Waals surface area (Å²) in [5, 5.41) is 0. The summed E-state index contributed by atoms with van der Waals surface area (Å²) in [4.78, 5) is 30.4. The van der Waals surface area contributed by atoms with Crippen molar-refractivity contribution in [3.05, 3.63) is 53.9 Å². The first-order valence-electron chi connectivity index (χ1n) is 9.61. The number of carbonyl (C=O) groups excluding carboxylic acids is 2. The Balaban J connectivity index is 2.07. The van der Waals surface area contributed by atoms with Crippen molar-refractivity contribution >= 4 is 11.9 Å². The zero-order valence-corrected chi connectivity index (χ0v) is 17.2. The van der Waals surface area contributed by atoms with E-state index in [-0.39, 0.29) is 24.7 Å². The molecule has 1 aromatic heterocycles. The van der Waals surface area contributed by atoms with Crippen LogP contribution in [0.3, 0.4) is 0 Å². The maximum Gasteiger partial charge on any atom is 0.307 e. The van der Waals surface area contributed by atoms with E-state index in [1.54, 1.807) is 38.4 Å². The molecule has 2 aromatic rings. The van der Waals surface area contributed by atoms with Gasteiger partial charge in [0.25, 0.3) is 0 Å². The molecule has 2 rings (SSSR count). The van der Waals surface area contributed by atoms with Crippen LogP contribution >= 0.6 is 0 Å². The molecule has 7 heteroatoms. The highest BCUT2D eigenvalue weighted by Crippen LogP contribution is 2.31. The van der Waals surface area contributed by atoms with E-state index in [2.05, 4.69) is 4.98 Å². The van der Waals surface area contributed by atoms with Crippen LogP contribution in [0, 0.1) is 0 Å². The van der Waals surface area contributed by atoms with Gasteiger partial charge in [0.1, 0.15) is 0 Å². The minimum absolute atomic E-state index is 0.0528. The van der Waals surface area contributed by atoms with Crippen LogP contribution in [0.15, 0.2) is 42.7 Å². The van der Waals surface area contributed by atoms with Gasteiger partial charge < -0.3 is 19.1 Å². The molecule has 0 spiro atoms. The average molecular weight is 400 g/mol. The van der Waals surface area contributed by atoms with Gasteiger partial charge in [0.2, 0.25) is 5.91 Å². The van der Waals surface area contributed by atoms with Crippen LogP contribution < -0.4 is 9.47 Å². The van der Waals surface area contributed by atoms with Crippen molar-refractivity contribution in [1.29, 1.82) is 0 Å². The monoisotopic (exact) mass is 400 g/mol.